The lowest BCUT2D eigenvalue weighted by molar-refractivity contribution is 1.22. The van der Waals surface area contributed by atoms with Gasteiger partial charge in [-0.1, -0.05) is 24.3 Å². The number of fused-ring (bicyclic) bond motifs is 11. The molecule has 0 atom stereocenters. The van der Waals surface area contributed by atoms with Crippen LogP contribution in [0.25, 0.3) is 35.1 Å². The Kier molecular flexibility index (Phi) is 3.35. The van der Waals surface area contributed by atoms with Crippen LogP contribution in [0, 0.1) is 6.92 Å². The molecule has 0 aliphatic carbocycles. The van der Waals surface area contributed by atoms with Gasteiger partial charge >= 0.3 is 0 Å². The Bertz CT molecular complexity index is 1620. The van der Waals surface area contributed by atoms with Crippen LogP contribution in [-0.2, 0) is 0 Å². The average Bonchev–Trinajstić information content (AvgIpc) is 3.47. The minimum Gasteiger partial charge on any atom is -0.355 e. The number of aryl methyl sites for hydroxylation is 1. The van der Waals surface area contributed by atoms with Crippen molar-refractivity contribution in [3.05, 3.63) is 104 Å². The summed E-state index contributed by atoms with van der Waals surface area (Å²) in [6.07, 6.45) is 8.63. The maximum Gasteiger partial charge on any atom is 0.0485 e. The summed E-state index contributed by atoms with van der Waals surface area (Å²) in [5.74, 6) is 0. The molecule has 1 aromatic carbocycles. The summed E-state index contributed by atoms with van der Waals surface area (Å²) in [6.45, 7) is 2.14. The molecule has 0 amide bonds. The van der Waals surface area contributed by atoms with Gasteiger partial charge in [0.1, 0.15) is 0 Å². The first-order chi connectivity index (χ1) is 14.2. The molecule has 0 radical (unpaired) electrons. The smallest absolute Gasteiger partial charge is 0.0485 e. The van der Waals surface area contributed by atoms with Gasteiger partial charge in [-0.25, -0.2) is 0 Å². The van der Waals surface area contributed by atoms with E-state index < -0.39 is 0 Å². The van der Waals surface area contributed by atoms with Crippen LogP contribution in [0.3, 0.4) is 0 Å². The van der Waals surface area contributed by atoms with Crippen molar-refractivity contribution < 1.29 is 0 Å². The number of hydrogen-bond donors (Lipinski definition) is 4. The Morgan fingerprint density at radius 3 is 1.97 bits per heavy atom. The predicted molar refractivity (Wildman–Crippen MR) is 118 cm³/mol. The van der Waals surface area contributed by atoms with Crippen LogP contribution < -0.4 is 21.4 Å². The van der Waals surface area contributed by atoms with Gasteiger partial charge in [0, 0.05) is 54.9 Å². The lowest BCUT2D eigenvalue weighted by Gasteiger charge is -1.91. The maximum atomic E-state index is 3.62. The fourth-order valence-corrected chi connectivity index (χ4v) is 4.12. The van der Waals surface area contributed by atoms with Crippen LogP contribution in [0.5, 0.6) is 0 Å². The lowest BCUT2D eigenvalue weighted by Crippen LogP contribution is -2.11. The molecule has 0 saturated heterocycles. The zero-order valence-corrected chi connectivity index (χ0v) is 16.0. The molecule has 5 aromatic rings. The molecule has 29 heavy (non-hydrogen) atoms. The van der Waals surface area contributed by atoms with E-state index in [1.54, 1.807) is 0 Å². The van der Waals surface area contributed by atoms with Crippen molar-refractivity contribution in [2.75, 3.05) is 0 Å². The number of nitrogens with one attached hydrogen (secondary N) is 4. The molecular weight excluding hydrogens is 356 g/mol. The quantitative estimate of drug-likeness (QED) is 0.314. The highest BCUT2D eigenvalue weighted by molar-refractivity contribution is 5.95. The highest BCUT2D eigenvalue weighted by atomic mass is 14.8. The first-order valence-corrected chi connectivity index (χ1v) is 9.79. The summed E-state index contributed by atoms with van der Waals surface area (Å²) in [6, 6.07) is 19.1. The Balaban J connectivity index is 1.73. The molecule has 0 unspecified atom stereocenters. The molecule has 4 aromatic heterocycles. The molecule has 8 bridgehead atoms. The molecule has 5 heterocycles. The standard InChI is InChI=1S/C25H20N4/c1-15-10-20-12-18-7-6-16(26-18)11-17-8-9-19(27-17)13-24-21-4-2-3-5-22(21)25(29-24)14-23(15)28-20/h2-14,26-29H,1H3. The van der Waals surface area contributed by atoms with E-state index in [-0.39, 0.29) is 0 Å². The summed E-state index contributed by atoms with van der Waals surface area (Å²) >= 11 is 0. The van der Waals surface area contributed by atoms with Crippen molar-refractivity contribution >= 4 is 35.1 Å². The molecule has 1 aliphatic heterocycles. The second-order valence-corrected chi connectivity index (χ2v) is 7.63. The monoisotopic (exact) mass is 376 g/mol. The lowest BCUT2D eigenvalue weighted by atomic mass is 10.1. The first kappa shape index (κ1) is 16.1. The van der Waals surface area contributed by atoms with Crippen molar-refractivity contribution in [1.29, 1.82) is 0 Å². The van der Waals surface area contributed by atoms with Crippen molar-refractivity contribution in [2.24, 2.45) is 0 Å². The van der Waals surface area contributed by atoms with Crippen LogP contribution in [0.1, 0.15) is 28.3 Å². The molecule has 6 rings (SSSR count). The average molecular weight is 376 g/mol. The molecule has 0 saturated carbocycles. The number of aromatic amines is 4. The first-order valence-electron chi connectivity index (χ1n) is 9.79. The molecule has 0 fully saturated rings. The fraction of sp³-hybridized carbons (Fsp3) is 0.0400. The van der Waals surface area contributed by atoms with Crippen LogP contribution in [0.4, 0.5) is 0 Å². The number of hydrogen-bond acceptors (Lipinski definition) is 0. The number of aromatic nitrogens is 4. The highest BCUT2D eigenvalue weighted by Gasteiger charge is 2.07. The maximum absolute atomic E-state index is 3.62. The molecule has 4 heteroatoms. The van der Waals surface area contributed by atoms with Gasteiger partial charge in [0.05, 0.1) is 0 Å². The van der Waals surface area contributed by atoms with Crippen LogP contribution in [0.15, 0.2) is 54.6 Å². The van der Waals surface area contributed by atoms with E-state index >= 15 is 0 Å². The predicted octanol–water partition coefficient (Wildman–Crippen LogP) is 2.09. The second kappa shape index (κ2) is 6.04. The normalized spacial score (nSPS) is 12.7. The number of H-pyrrole nitrogens is 4. The molecular formula is C25H20N4. The van der Waals surface area contributed by atoms with Gasteiger partial charge in [-0.05, 0) is 67.1 Å². The molecule has 0 spiro atoms. The van der Waals surface area contributed by atoms with Gasteiger partial charge in [-0.3, -0.25) is 0 Å². The third-order valence-corrected chi connectivity index (χ3v) is 5.53. The van der Waals surface area contributed by atoms with Crippen molar-refractivity contribution in [2.45, 2.75) is 6.92 Å². The van der Waals surface area contributed by atoms with E-state index in [4.69, 9.17) is 0 Å². The van der Waals surface area contributed by atoms with E-state index in [0.29, 0.717) is 0 Å². The van der Waals surface area contributed by atoms with Gasteiger partial charge in [0.2, 0.25) is 0 Å². The van der Waals surface area contributed by atoms with E-state index in [1.807, 2.05) is 0 Å². The summed E-state index contributed by atoms with van der Waals surface area (Å²) in [7, 11) is 0. The number of benzene rings is 1. The third kappa shape index (κ3) is 2.77. The van der Waals surface area contributed by atoms with Crippen LogP contribution >= 0.6 is 0 Å². The zero-order chi connectivity index (χ0) is 19.4. The fourth-order valence-electron chi connectivity index (χ4n) is 4.12. The van der Waals surface area contributed by atoms with E-state index in [9.17, 15) is 0 Å². The minimum atomic E-state index is 1.07. The van der Waals surface area contributed by atoms with Crippen LogP contribution in [0.2, 0.25) is 0 Å². The molecule has 140 valence electrons. The van der Waals surface area contributed by atoms with Crippen molar-refractivity contribution in [3.8, 4) is 0 Å². The van der Waals surface area contributed by atoms with E-state index in [0.717, 1.165) is 44.2 Å². The summed E-state index contributed by atoms with van der Waals surface area (Å²) in [5.41, 5.74) is 5.57. The largest absolute Gasteiger partial charge is 0.355 e. The Morgan fingerprint density at radius 2 is 1.21 bits per heavy atom. The van der Waals surface area contributed by atoms with E-state index in [1.165, 1.54) is 16.3 Å². The molecule has 1 aliphatic rings. The van der Waals surface area contributed by atoms with Gasteiger partial charge in [0.25, 0.3) is 0 Å². The minimum absolute atomic E-state index is 1.07. The van der Waals surface area contributed by atoms with Crippen LogP contribution in [-0.4, -0.2) is 19.9 Å². The Morgan fingerprint density at radius 1 is 0.552 bits per heavy atom. The Labute approximate surface area is 166 Å². The molecule has 4 N–H and O–H groups in total. The topological polar surface area (TPSA) is 63.2 Å². The van der Waals surface area contributed by atoms with E-state index in [2.05, 4.69) is 106 Å². The van der Waals surface area contributed by atoms with Crippen molar-refractivity contribution in [1.82, 2.24) is 19.9 Å². The summed E-state index contributed by atoms with van der Waals surface area (Å²) in [4.78, 5) is 14.1. The van der Waals surface area contributed by atoms with Gasteiger partial charge in [-0.2, -0.15) is 0 Å². The van der Waals surface area contributed by atoms with Crippen molar-refractivity contribution in [3.63, 3.8) is 0 Å². The second-order valence-electron chi connectivity index (χ2n) is 7.63. The highest BCUT2D eigenvalue weighted by Crippen LogP contribution is 2.23. The third-order valence-electron chi connectivity index (χ3n) is 5.53. The summed E-state index contributed by atoms with van der Waals surface area (Å²) < 4.78 is 0. The summed E-state index contributed by atoms with van der Waals surface area (Å²) in [5, 5.41) is 6.76. The van der Waals surface area contributed by atoms with Gasteiger partial charge in [0.15, 0.2) is 0 Å². The molecule has 4 nitrogen and oxygen atoms in total. The number of rotatable bonds is 0. The van der Waals surface area contributed by atoms with Gasteiger partial charge in [-0.15, -0.1) is 0 Å². The van der Waals surface area contributed by atoms with Gasteiger partial charge < -0.3 is 19.9 Å². The zero-order valence-electron chi connectivity index (χ0n) is 16.0. The SMILES string of the molecule is Cc1cc2[nH]c1=Cc1[nH]c(c3ccccc13)C=c1ccc([nH]1)=Cc1ccc([nH]1)C=2. The Hall–Kier alpha value is -3.92.